The number of nitrogens with zero attached hydrogens (tertiary/aromatic N) is 1. The van der Waals surface area contributed by atoms with Crippen LogP contribution in [0.4, 0.5) is 17.6 Å². The van der Waals surface area contributed by atoms with Crippen LogP contribution >= 0.6 is 34.8 Å². The minimum absolute atomic E-state index is 0.148. The summed E-state index contributed by atoms with van der Waals surface area (Å²) in [6.07, 6.45) is 9.83. The van der Waals surface area contributed by atoms with Crippen molar-refractivity contribution in [2.75, 3.05) is 0 Å². The second kappa shape index (κ2) is 32.9. The van der Waals surface area contributed by atoms with Crippen molar-refractivity contribution in [1.82, 2.24) is 24.9 Å². The standard InChI is InChI=1S/C12H14ClN.C11H12ClN.C10H10ClN.C10H8N2.C8H3F4N.5C2H6/c1-12(2,3)9-6-8-4-5-14-11(8)10(13)7-9;1-7(2)9-5-8-3-4-13-11(8)10(12)6-9;1-2-7-5-8-3-4-12-10(8)9(11)6-7;1-7-4-8-2-3-12-10(8)9(5-7)6-11;9-4-3-1-2-13-8(3)7(12)6(11)5(4)10;5*1-2/h4-7,14H,1-3H3;3-7,13H,1-2H3;3-6,12H,2H2,1H3;2-5,12H,1H3;1-2,13H;5*1-2H3. The van der Waals surface area contributed by atoms with Crippen LogP contribution in [0.15, 0.2) is 110 Å². The molecule has 0 radical (unpaired) electrons. The molecule has 13 heteroatoms. The van der Waals surface area contributed by atoms with Gasteiger partial charge >= 0.3 is 0 Å². The van der Waals surface area contributed by atoms with Gasteiger partial charge in [-0.1, -0.05) is 146 Å². The molecule has 0 amide bonds. The molecule has 0 aliphatic heterocycles. The van der Waals surface area contributed by atoms with Crippen LogP contribution in [0.3, 0.4) is 0 Å². The van der Waals surface area contributed by atoms with E-state index in [-0.39, 0.29) is 16.3 Å². The molecule has 0 unspecified atom stereocenters. The third-order valence-corrected chi connectivity index (χ3v) is 11.5. The Hall–Kier alpha value is -6.12. The van der Waals surface area contributed by atoms with E-state index in [2.05, 4.69) is 103 Å². The van der Waals surface area contributed by atoms with Crippen molar-refractivity contribution in [3.05, 3.63) is 176 Å². The molecule has 0 bridgehead atoms. The van der Waals surface area contributed by atoms with Crippen molar-refractivity contribution in [3.8, 4) is 6.07 Å². The third-order valence-electron chi connectivity index (χ3n) is 10.6. The topological polar surface area (TPSA) is 103 Å². The normalized spacial score (nSPS) is 10.1. The largest absolute Gasteiger partial charge is 0.360 e. The highest BCUT2D eigenvalue weighted by molar-refractivity contribution is 6.36. The van der Waals surface area contributed by atoms with Crippen LogP contribution in [0, 0.1) is 41.5 Å². The van der Waals surface area contributed by atoms with E-state index >= 15 is 0 Å². The first-order chi connectivity index (χ1) is 35.4. The molecule has 10 aromatic rings. The molecule has 0 saturated carbocycles. The molecule has 400 valence electrons. The summed E-state index contributed by atoms with van der Waals surface area (Å²) in [5, 5.41) is 15.6. The summed E-state index contributed by atoms with van der Waals surface area (Å²) in [7, 11) is 0. The summed E-state index contributed by atoms with van der Waals surface area (Å²) < 4.78 is 50.9. The van der Waals surface area contributed by atoms with E-state index < -0.39 is 23.3 Å². The van der Waals surface area contributed by atoms with Gasteiger partial charge in [0.15, 0.2) is 23.3 Å². The van der Waals surface area contributed by atoms with Crippen LogP contribution in [-0.4, -0.2) is 24.9 Å². The number of hydrogen-bond donors (Lipinski definition) is 5. The number of fused-ring (bicyclic) bond motifs is 5. The number of aromatic nitrogens is 5. The molecule has 0 aliphatic carbocycles. The van der Waals surface area contributed by atoms with Gasteiger partial charge in [0.05, 0.1) is 48.2 Å². The molecule has 5 N–H and O–H groups in total. The Balaban J connectivity index is 0.000000443. The number of rotatable bonds is 2. The minimum atomic E-state index is -1.80. The van der Waals surface area contributed by atoms with Gasteiger partial charge in [-0.3, -0.25) is 0 Å². The van der Waals surface area contributed by atoms with Gasteiger partial charge in [-0.05, 0) is 126 Å². The first kappa shape index (κ1) is 65.9. The Labute approximate surface area is 452 Å². The summed E-state index contributed by atoms with van der Waals surface area (Å²) in [6.45, 7) is 35.0. The molecule has 0 aliphatic rings. The number of halogens is 7. The lowest BCUT2D eigenvalue weighted by molar-refractivity contribution is 0.417. The first-order valence-corrected chi connectivity index (χ1v) is 26.6. The average Bonchev–Trinajstić information content (AvgIpc) is 4.29. The zero-order valence-corrected chi connectivity index (χ0v) is 48.5. The van der Waals surface area contributed by atoms with Crippen LogP contribution in [0.5, 0.6) is 0 Å². The first-order valence-electron chi connectivity index (χ1n) is 25.5. The number of nitriles is 1. The molecular weight excluding hydrogens is 999 g/mol. The van der Waals surface area contributed by atoms with Crippen molar-refractivity contribution >= 4 is 89.3 Å². The Morgan fingerprint density at radius 2 is 0.905 bits per heavy atom. The van der Waals surface area contributed by atoms with Gasteiger partial charge < -0.3 is 24.9 Å². The molecule has 5 aromatic heterocycles. The number of aromatic amines is 5. The molecule has 0 fully saturated rings. The molecule has 6 nitrogen and oxygen atoms in total. The minimum Gasteiger partial charge on any atom is -0.360 e. The Morgan fingerprint density at radius 1 is 0.500 bits per heavy atom. The Bertz CT molecular complexity index is 3210. The van der Waals surface area contributed by atoms with Crippen LogP contribution in [0.25, 0.3) is 54.5 Å². The van der Waals surface area contributed by atoms with E-state index in [1.807, 2.05) is 143 Å². The third kappa shape index (κ3) is 17.5. The SMILES string of the molecule is CC.CC.CC.CC.CC.CC(C)(C)c1cc(Cl)c2[nH]ccc2c1.CC(C)c1cc(Cl)c2[nH]ccc2c1.CCc1cc(Cl)c2[nH]ccc2c1.Cc1cc(C#N)c2[nH]ccc2c1.Fc1c(F)c(F)c2[nH]ccc2c1F. The van der Waals surface area contributed by atoms with Crippen LogP contribution in [0.2, 0.25) is 15.1 Å². The Kier molecular flexibility index (Phi) is 29.3. The zero-order chi connectivity index (χ0) is 56.5. The molecule has 0 spiro atoms. The summed E-state index contributed by atoms with van der Waals surface area (Å²) >= 11 is 18.3. The van der Waals surface area contributed by atoms with Crippen molar-refractivity contribution in [2.45, 2.75) is 135 Å². The number of H-pyrrole nitrogens is 5. The maximum Gasteiger partial charge on any atom is 0.199 e. The van der Waals surface area contributed by atoms with Gasteiger partial charge in [0.25, 0.3) is 0 Å². The van der Waals surface area contributed by atoms with Gasteiger partial charge in [0.1, 0.15) is 6.07 Å². The molecule has 10 rings (SSSR count). The maximum atomic E-state index is 12.9. The van der Waals surface area contributed by atoms with E-state index in [9.17, 15) is 17.6 Å². The molecular formula is C61H77Cl3F4N6. The fourth-order valence-electron chi connectivity index (χ4n) is 6.99. The smallest absolute Gasteiger partial charge is 0.199 e. The van der Waals surface area contributed by atoms with Crippen LogP contribution in [-0.2, 0) is 11.8 Å². The van der Waals surface area contributed by atoms with Gasteiger partial charge in [-0.2, -0.15) is 5.26 Å². The lowest BCUT2D eigenvalue weighted by atomic mass is 9.86. The fourth-order valence-corrected chi connectivity index (χ4v) is 7.87. The molecule has 0 saturated heterocycles. The van der Waals surface area contributed by atoms with Crippen LogP contribution in [0.1, 0.15) is 145 Å². The van der Waals surface area contributed by atoms with E-state index in [1.54, 1.807) is 0 Å². The number of nitrogens with one attached hydrogen (secondary N) is 5. The average molecular weight is 1080 g/mol. The second-order valence-electron chi connectivity index (χ2n) is 16.5. The van der Waals surface area contributed by atoms with Gasteiger partial charge in [0, 0.05) is 57.9 Å². The maximum absolute atomic E-state index is 12.9. The summed E-state index contributed by atoms with van der Waals surface area (Å²) in [5.41, 5.74) is 9.50. The van der Waals surface area contributed by atoms with Gasteiger partial charge in [-0.15, -0.1) is 0 Å². The van der Waals surface area contributed by atoms with Crippen LogP contribution < -0.4 is 0 Å². The lowest BCUT2D eigenvalue weighted by Gasteiger charge is -2.19. The molecule has 5 aromatic carbocycles. The van der Waals surface area contributed by atoms with Gasteiger partial charge in [-0.25, -0.2) is 17.6 Å². The predicted molar refractivity (Wildman–Crippen MR) is 315 cm³/mol. The highest BCUT2D eigenvalue weighted by Gasteiger charge is 2.20. The van der Waals surface area contributed by atoms with E-state index in [4.69, 9.17) is 40.1 Å². The zero-order valence-electron chi connectivity index (χ0n) is 46.3. The monoisotopic (exact) mass is 1070 g/mol. The van der Waals surface area contributed by atoms with Crippen molar-refractivity contribution in [2.24, 2.45) is 0 Å². The van der Waals surface area contributed by atoms with E-state index in [1.165, 1.54) is 39.0 Å². The highest BCUT2D eigenvalue weighted by Crippen LogP contribution is 2.32. The highest BCUT2D eigenvalue weighted by atomic mass is 35.5. The molecule has 0 atom stereocenters. The van der Waals surface area contributed by atoms with E-state index in [0.29, 0.717) is 5.92 Å². The number of aryl methyl sites for hydroxylation is 2. The van der Waals surface area contributed by atoms with Crippen molar-refractivity contribution in [1.29, 1.82) is 5.26 Å². The quantitative estimate of drug-likeness (QED) is 0.0665. The van der Waals surface area contributed by atoms with Crippen molar-refractivity contribution < 1.29 is 17.6 Å². The lowest BCUT2D eigenvalue weighted by Crippen LogP contribution is -2.10. The van der Waals surface area contributed by atoms with Crippen molar-refractivity contribution in [3.63, 3.8) is 0 Å². The van der Waals surface area contributed by atoms with E-state index in [0.717, 1.165) is 66.1 Å². The molecule has 5 heterocycles. The summed E-state index contributed by atoms with van der Waals surface area (Å²) in [4.78, 5) is 14.7. The van der Waals surface area contributed by atoms with Gasteiger partial charge in [0.2, 0.25) is 0 Å². The fraction of sp³-hybridized carbons (Fsp3) is 0.328. The summed E-state index contributed by atoms with van der Waals surface area (Å²) in [5.74, 6) is -5.84. The second-order valence-corrected chi connectivity index (χ2v) is 17.7. The number of hydrogen-bond acceptors (Lipinski definition) is 1. The predicted octanol–water partition coefficient (Wildman–Crippen LogP) is 21.7. The summed E-state index contributed by atoms with van der Waals surface area (Å²) in [6, 6.07) is 28.0. The Morgan fingerprint density at radius 3 is 1.38 bits per heavy atom. The molecule has 74 heavy (non-hydrogen) atoms. The number of benzene rings is 5.